The summed E-state index contributed by atoms with van der Waals surface area (Å²) in [6.45, 7) is 5.50. The first kappa shape index (κ1) is 13.3. The van der Waals surface area contributed by atoms with Gasteiger partial charge in [-0.3, -0.25) is 10.3 Å². The second kappa shape index (κ2) is 5.69. The topological polar surface area (TPSA) is 62.3 Å². The number of nitrogens with one attached hydrogen (secondary N) is 1. The summed E-state index contributed by atoms with van der Waals surface area (Å²) >= 11 is 6.22. The molecule has 1 aliphatic rings. The lowest BCUT2D eigenvalue weighted by atomic mass is 10.1. The highest BCUT2D eigenvalue weighted by molar-refractivity contribution is 6.31. The first-order valence-electron chi connectivity index (χ1n) is 6.03. The van der Waals surface area contributed by atoms with E-state index >= 15 is 0 Å². The van der Waals surface area contributed by atoms with Gasteiger partial charge in [-0.15, -0.1) is 0 Å². The lowest BCUT2D eigenvalue weighted by molar-refractivity contribution is -0.0212. The maximum atomic E-state index is 7.37. The van der Waals surface area contributed by atoms with Crippen molar-refractivity contribution < 1.29 is 4.74 Å². The highest BCUT2D eigenvalue weighted by Crippen LogP contribution is 2.20. The van der Waals surface area contributed by atoms with E-state index in [1.807, 2.05) is 12.1 Å². The summed E-state index contributed by atoms with van der Waals surface area (Å²) in [5.41, 5.74) is 7.16. The first-order chi connectivity index (χ1) is 8.56. The molecule has 98 valence electrons. The summed E-state index contributed by atoms with van der Waals surface area (Å²) < 4.78 is 5.51. The van der Waals surface area contributed by atoms with Crippen LogP contribution in [-0.4, -0.2) is 36.5 Å². The van der Waals surface area contributed by atoms with Crippen LogP contribution in [0.25, 0.3) is 0 Å². The van der Waals surface area contributed by atoms with Crippen LogP contribution in [0, 0.1) is 5.41 Å². The fourth-order valence-electron chi connectivity index (χ4n) is 2.12. The highest BCUT2D eigenvalue weighted by atomic mass is 35.5. The summed E-state index contributed by atoms with van der Waals surface area (Å²) in [4.78, 5) is 2.32. The lowest BCUT2D eigenvalue weighted by Gasteiger charge is -2.31. The molecule has 4 nitrogen and oxygen atoms in total. The standard InChI is InChI=1S/C13H18ClN3O/c1-9-7-17(4-5-18-9)8-11-3-2-10(13(15)16)6-12(11)14/h2-3,6,9H,4-5,7-8H2,1H3,(H3,15,16). The van der Waals surface area contributed by atoms with E-state index in [-0.39, 0.29) is 11.9 Å². The van der Waals surface area contributed by atoms with Crippen molar-refractivity contribution in [1.82, 2.24) is 4.90 Å². The molecule has 3 N–H and O–H groups in total. The summed E-state index contributed by atoms with van der Waals surface area (Å²) in [7, 11) is 0. The minimum atomic E-state index is 0.0449. The summed E-state index contributed by atoms with van der Waals surface area (Å²) in [5.74, 6) is 0.0449. The largest absolute Gasteiger partial charge is 0.384 e. The van der Waals surface area contributed by atoms with Gasteiger partial charge in [-0.05, 0) is 18.6 Å². The first-order valence-corrected chi connectivity index (χ1v) is 6.41. The van der Waals surface area contributed by atoms with Crippen molar-refractivity contribution in [2.24, 2.45) is 5.73 Å². The maximum Gasteiger partial charge on any atom is 0.122 e. The van der Waals surface area contributed by atoms with E-state index in [4.69, 9.17) is 27.5 Å². The van der Waals surface area contributed by atoms with Crippen molar-refractivity contribution in [3.8, 4) is 0 Å². The number of nitrogens with two attached hydrogens (primary N) is 1. The average molecular weight is 268 g/mol. The predicted molar refractivity (Wildman–Crippen MR) is 73.2 cm³/mol. The predicted octanol–water partition coefficient (Wildman–Crippen LogP) is 1.84. The third kappa shape index (κ3) is 3.22. The molecule has 2 rings (SSSR count). The molecule has 0 spiro atoms. The molecular weight excluding hydrogens is 250 g/mol. The minimum Gasteiger partial charge on any atom is -0.384 e. The maximum absolute atomic E-state index is 7.37. The fourth-order valence-corrected chi connectivity index (χ4v) is 2.36. The Morgan fingerprint density at radius 1 is 1.61 bits per heavy atom. The van der Waals surface area contributed by atoms with Gasteiger partial charge in [0.05, 0.1) is 12.7 Å². The van der Waals surface area contributed by atoms with Crippen molar-refractivity contribution in [1.29, 1.82) is 5.41 Å². The molecule has 0 aromatic heterocycles. The van der Waals surface area contributed by atoms with Gasteiger partial charge in [0, 0.05) is 30.2 Å². The molecule has 1 aromatic carbocycles. The van der Waals surface area contributed by atoms with Gasteiger partial charge in [0.1, 0.15) is 5.84 Å². The number of morpholine rings is 1. The normalized spacial score (nSPS) is 20.9. The van der Waals surface area contributed by atoms with Gasteiger partial charge >= 0.3 is 0 Å². The SMILES string of the molecule is CC1CN(Cc2ccc(C(=N)N)cc2Cl)CCO1. The number of hydrogen-bond donors (Lipinski definition) is 2. The molecule has 1 aliphatic heterocycles. The number of nitrogens with zero attached hydrogens (tertiary/aromatic N) is 1. The number of amidine groups is 1. The van der Waals surface area contributed by atoms with E-state index in [9.17, 15) is 0 Å². The number of benzene rings is 1. The van der Waals surface area contributed by atoms with Crippen LogP contribution in [0.3, 0.4) is 0 Å². The van der Waals surface area contributed by atoms with E-state index in [1.54, 1.807) is 6.07 Å². The van der Waals surface area contributed by atoms with Crippen molar-refractivity contribution in [2.45, 2.75) is 19.6 Å². The van der Waals surface area contributed by atoms with E-state index in [0.717, 1.165) is 31.8 Å². The van der Waals surface area contributed by atoms with E-state index in [0.29, 0.717) is 10.6 Å². The van der Waals surface area contributed by atoms with Crippen molar-refractivity contribution in [2.75, 3.05) is 19.7 Å². The van der Waals surface area contributed by atoms with Crippen molar-refractivity contribution >= 4 is 17.4 Å². The Hall–Kier alpha value is -1.10. The number of nitrogen functional groups attached to an aromatic ring is 1. The molecule has 0 amide bonds. The van der Waals surface area contributed by atoms with Crippen LogP contribution < -0.4 is 5.73 Å². The molecule has 0 saturated carbocycles. The minimum absolute atomic E-state index is 0.0449. The molecular formula is C13H18ClN3O. The molecule has 0 bridgehead atoms. The van der Waals surface area contributed by atoms with E-state index in [2.05, 4.69) is 11.8 Å². The Morgan fingerprint density at radius 2 is 2.39 bits per heavy atom. The fraction of sp³-hybridized carbons (Fsp3) is 0.462. The quantitative estimate of drug-likeness (QED) is 0.649. The number of hydrogen-bond acceptors (Lipinski definition) is 3. The molecule has 1 aromatic rings. The molecule has 18 heavy (non-hydrogen) atoms. The molecule has 1 heterocycles. The zero-order valence-electron chi connectivity index (χ0n) is 10.4. The van der Waals surface area contributed by atoms with Gasteiger partial charge in [-0.25, -0.2) is 0 Å². The molecule has 0 aliphatic carbocycles. The molecule has 1 atom stereocenters. The molecule has 0 radical (unpaired) electrons. The smallest absolute Gasteiger partial charge is 0.122 e. The van der Waals surface area contributed by atoms with Crippen molar-refractivity contribution in [3.63, 3.8) is 0 Å². The molecule has 5 heteroatoms. The second-order valence-electron chi connectivity index (χ2n) is 4.64. The highest BCUT2D eigenvalue weighted by Gasteiger charge is 2.17. The van der Waals surface area contributed by atoms with Crippen LogP contribution in [0.5, 0.6) is 0 Å². The van der Waals surface area contributed by atoms with E-state index in [1.165, 1.54) is 0 Å². The number of halogens is 1. The van der Waals surface area contributed by atoms with Crippen LogP contribution in [-0.2, 0) is 11.3 Å². The van der Waals surface area contributed by atoms with Crippen LogP contribution in [0.1, 0.15) is 18.1 Å². The zero-order valence-corrected chi connectivity index (χ0v) is 11.2. The third-order valence-corrected chi connectivity index (χ3v) is 3.44. The monoisotopic (exact) mass is 267 g/mol. The van der Waals surface area contributed by atoms with Gasteiger partial charge in [-0.2, -0.15) is 0 Å². The number of rotatable bonds is 3. The lowest BCUT2D eigenvalue weighted by Crippen LogP contribution is -2.40. The van der Waals surface area contributed by atoms with Gasteiger partial charge in [-0.1, -0.05) is 23.7 Å². The third-order valence-electron chi connectivity index (χ3n) is 3.08. The number of ether oxygens (including phenoxy) is 1. The Kier molecular flexibility index (Phi) is 4.22. The zero-order chi connectivity index (χ0) is 13.1. The summed E-state index contributed by atoms with van der Waals surface area (Å²) in [6.07, 6.45) is 0.272. The Balaban J connectivity index is 2.07. The van der Waals surface area contributed by atoms with Crippen LogP contribution in [0.15, 0.2) is 18.2 Å². The second-order valence-corrected chi connectivity index (χ2v) is 5.04. The van der Waals surface area contributed by atoms with Gasteiger partial charge in [0.2, 0.25) is 0 Å². The van der Waals surface area contributed by atoms with Crippen LogP contribution >= 0.6 is 11.6 Å². The summed E-state index contributed by atoms with van der Waals surface area (Å²) in [5, 5.41) is 8.04. The molecule has 1 unspecified atom stereocenters. The van der Waals surface area contributed by atoms with Gasteiger partial charge in [0.25, 0.3) is 0 Å². The summed E-state index contributed by atoms with van der Waals surface area (Å²) in [6, 6.07) is 5.54. The Labute approximate surface area is 112 Å². The van der Waals surface area contributed by atoms with Crippen molar-refractivity contribution in [3.05, 3.63) is 34.3 Å². The Morgan fingerprint density at radius 3 is 3.00 bits per heavy atom. The van der Waals surface area contributed by atoms with Crippen LogP contribution in [0.4, 0.5) is 0 Å². The molecule has 1 fully saturated rings. The molecule has 1 saturated heterocycles. The average Bonchev–Trinajstić information content (AvgIpc) is 2.31. The Bertz CT molecular complexity index is 450. The van der Waals surface area contributed by atoms with E-state index < -0.39 is 0 Å². The van der Waals surface area contributed by atoms with Gasteiger partial charge in [0.15, 0.2) is 0 Å². The van der Waals surface area contributed by atoms with Gasteiger partial charge < -0.3 is 10.5 Å². The van der Waals surface area contributed by atoms with Crippen LogP contribution in [0.2, 0.25) is 5.02 Å².